The van der Waals surface area contributed by atoms with Crippen molar-refractivity contribution in [3.63, 3.8) is 0 Å². The number of benzene rings is 3. The number of sulfonamides is 1. The summed E-state index contributed by atoms with van der Waals surface area (Å²) in [5.74, 6) is -0.489. The van der Waals surface area contributed by atoms with Crippen molar-refractivity contribution >= 4 is 60.3 Å². The lowest BCUT2D eigenvalue weighted by Gasteiger charge is -2.09. The van der Waals surface area contributed by atoms with Crippen molar-refractivity contribution in [3.8, 4) is 0 Å². The molecule has 1 aromatic heterocycles. The summed E-state index contributed by atoms with van der Waals surface area (Å²) in [6, 6.07) is 16.5. The molecule has 2 N–H and O–H groups in total. The van der Waals surface area contributed by atoms with Gasteiger partial charge in [-0.05, 0) is 72.1 Å². The summed E-state index contributed by atoms with van der Waals surface area (Å²) in [4.78, 5) is 12.8. The second-order valence-corrected chi connectivity index (χ2v) is 10.2. The second kappa shape index (κ2) is 8.69. The minimum Gasteiger partial charge on any atom is -0.321 e. The van der Waals surface area contributed by atoms with Crippen LogP contribution in [0.25, 0.3) is 10.1 Å². The van der Waals surface area contributed by atoms with E-state index >= 15 is 0 Å². The molecule has 4 rings (SSSR count). The molecule has 11 heteroatoms. The lowest BCUT2D eigenvalue weighted by molar-refractivity contribution is -0.137. The van der Waals surface area contributed by atoms with E-state index in [9.17, 15) is 26.4 Å². The van der Waals surface area contributed by atoms with Crippen LogP contribution in [0.15, 0.2) is 77.7 Å². The maximum absolute atomic E-state index is 12.9. The number of carbonyl (C=O) groups excluding carboxylic acids is 1. The van der Waals surface area contributed by atoms with Gasteiger partial charge in [0.05, 0.1) is 15.3 Å². The number of amides is 1. The number of alkyl halides is 3. The first kappa shape index (κ1) is 23.1. The summed E-state index contributed by atoms with van der Waals surface area (Å²) in [5, 5.41) is 3.26. The predicted molar refractivity (Wildman–Crippen MR) is 123 cm³/mol. The lowest BCUT2D eigenvalue weighted by Crippen LogP contribution is -2.13. The van der Waals surface area contributed by atoms with Crippen LogP contribution >= 0.6 is 22.9 Å². The molecule has 3 aromatic carbocycles. The van der Waals surface area contributed by atoms with Crippen LogP contribution in [0.3, 0.4) is 0 Å². The van der Waals surface area contributed by atoms with Gasteiger partial charge in [0.25, 0.3) is 15.9 Å². The molecule has 0 aliphatic heterocycles. The molecule has 1 heterocycles. The first-order chi connectivity index (χ1) is 15.5. The molecule has 0 radical (unpaired) electrons. The van der Waals surface area contributed by atoms with E-state index in [1.54, 1.807) is 6.07 Å². The van der Waals surface area contributed by atoms with Crippen LogP contribution in [-0.2, 0) is 16.2 Å². The van der Waals surface area contributed by atoms with Gasteiger partial charge < -0.3 is 5.32 Å². The zero-order valence-corrected chi connectivity index (χ0v) is 18.9. The smallest absolute Gasteiger partial charge is 0.321 e. The average Bonchev–Trinajstić information content (AvgIpc) is 3.18. The number of thiophene rings is 1. The number of halogens is 4. The van der Waals surface area contributed by atoms with Crippen LogP contribution in [0, 0.1) is 0 Å². The van der Waals surface area contributed by atoms with Crippen molar-refractivity contribution in [3.05, 3.63) is 88.3 Å². The minimum atomic E-state index is -4.46. The topological polar surface area (TPSA) is 75.3 Å². The molecule has 33 heavy (non-hydrogen) atoms. The molecule has 0 saturated carbocycles. The van der Waals surface area contributed by atoms with Gasteiger partial charge in [-0.2, -0.15) is 13.2 Å². The van der Waals surface area contributed by atoms with E-state index in [0.717, 1.165) is 23.5 Å². The van der Waals surface area contributed by atoms with Crippen LogP contribution < -0.4 is 10.0 Å². The Balaban J connectivity index is 1.47. The zero-order chi connectivity index (χ0) is 23.8. The standard InChI is InChI=1S/C22H14ClF3N2O3S2/c23-15-2-1-3-18(12-15)33(30,31)28-17-7-5-16(6-8-17)27-21(29)20-11-13-10-14(22(24,25)26)4-9-19(13)32-20/h1-12,28H,(H,27,29). The normalized spacial score (nSPS) is 12.0. The quantitative estimate of drug-likeness (QED) is 0.316. The van der Waals surface area contributed by atoms with Gasteiger partial charge in [0, 0.05) is 21.1 Å². The zero-order valence-electron chi connectivity index (χ0n) is 16.5. The van der Waals surface area contributed by atoms with E-state index in [-0.39, 0.29) is 20.5 Å². The number of rotatable bonds is 5. The van der Waals surface area contributed by atoms with Gasteiger partial charge in [-0.1, -0.05) is 17.7 Å². The fourth-order valence-corrected chi connectivity index (χ4v) is 5.29. The van der Waals surface area contributed by atoms with E-state index in [1.807, 2.05) is 0 Å². The van der Waals surface area contributed by atoms with Crippen molar-refractivity contribution in [1.82, 2.24) is 0 Å². The van der Waals surface area contributed by atoms with Gasteiger partial charge in [-0.15, -0.1) is 11.3 Å². The molecule has 1 amide bonds. The summed E-state index contributed by atoms with van der Waals surface area (Å²) in [6.45, 7) is 0. The third-order valence-corrected chi connectivity index (χ3v) is 7.30. The van der Waals surface area contributed by atoms with E-state index < -0.39 is 27.7 Å². The van der Waals surface area contributed by atoms with E-state index in [2.05, 4.69) is 10.0 Å². The molecule has 0 bridgehead atoms. The molecule has 0 unspecified atom stereocenters. The molecule has 0 spiro atoms. The van der Waals surface area contributed by atoms with E-state index in [0.29, 0.717) is 15.8 Å². The average molecular weight is 511 g/mol. The summed E-state index contributed by atoms with van der Waals surface area (Å²) in [6.07, 6.45) is -4.46. The van der Waals surface area contributed by atoms with E-state index in [4.69, 9.17) is 11.6 Å². The van der Waals surface area contributed by atoms with Crippen molar-refractivity contribution < 1.29 is 26.4 Å². The Hall–Kier alpha value is -3.08. The van der Waals surface area contributed by atoms with Crippen molar-refractivity contribution in [2.45, 2.75) is 11.1 Å². The molecule has 4 aromatic rings. The Bertz CT molecular complexity index is 1450. The highest BCUT2D eigenvalue weighted by molar-refractivity contribution is 7.92. The molecular formula is C22H14ClF3N2O3S2. The Labute approximate surface area is 195 Å². The highest BCUT2D eigenvalue weighted by atomic mass is 35.5. The SMILES string of the molecule is O=C(Nc1ccc(NS(=O)(=O)c2cccc(Cl)c2)cc1)c1cc2cc(C(F)(F)F)ccc2s1. The summed E-state index contributed by atoms with van der Waals surface area (Å²) < 4.78 is 66.6. The number of nitrogens with one attached hydrogen (secondary N) is 2. The summed E-state index contributed by atoms with van der Waals surface area (Å²) in [5.41, 5.74) is -0.121. The second-order valence-electron chi connectivity index (χ2n) is 6.96. The number of hydrogen-bond donors (Lipinski definition) is 2. The molecule has 0 fully saturated rings. The largest absolute Gasteiger partial charge is 0.416 e. The van der Waals surface area contributed by atoms with Crippen molar-refractivity contribution in [2.24, 2.45) is 0 Å². The van der Waals surface area contributed by atoms with E-state index in [1.165, 1.54) is 54.6 Å². The van der Waals surface area contributed by atoms with Gasteiger partial charge in [0.1, 0.15) is 0 Å². The van der Waals surface area contributed by atoms with Crippen LogP contribution in [-0.4, -0.2) is 14.3 Å². The van der Waals surface area contributed by atoms with Crippen LogP contribution in [0.2, 0.25) is 5.02 Å². The number of fused-ring (bicyclic) bond motifs is 1. The first-order valence-electron chi connectivity index (χ1n) is 9.32. The van der Waals surface area contributed by atoms with Gasteiger partial charge in [0.15, 0.2) is 0 Å². The lowest BCUT2D eigenvalue weighted by atomic mass is 10.1. The molecule has 5 nitrogen and oxygen atoms in total. The highest BCUT2D eigenvalue weighted by Gasteiger charge is 2.30. The fourth-order valence-electron chi connectivity index (χ4n) is 2.99. The third kappa shape index (κ3) is 5.29. The molecular weight excluding hydrogens is 497 g/mol. The number of carbonyl (C=O) groups is 1. The monoisotopic (exact) mass is 510 g/mol. The molecule has 0 saturated heterocycles. The predicted octanol–water partition coefficient (Wildman–Crippen LogP) is 6.63. The Morgan fingerprint density at radius 2 is 1.61 bits per heavy atom. The summed E-state index contributed by atoms with van der Waals surface area (Å²) >= 11 is 6.92. The Morgan fingerprint density at radius 3 is 2.27 bits per heavy atom. The summed E-state index contributed by atoms with van der Waals surface area (Å²) in [7, 11) is -3.84. The van der Waals surface area contributed by atoms with Crippen LogP contribution in [0.5, 0.6) is 0 Å². The van der Waals surface area contributed by atoms with Gasteiger partial charge in [-0.3, -0.25) is 9.52 Å². The van der Waals surface area contributed by atoms with Gasteiger partial charge >= 0.3 is 6.18 Å². The van der Waals surface area contributed by atoms with Crippen molar-refractivity contribution in [1.29, 1.82) is 0 Å². The molecule has 0 atom stereocenters. The first-order valence-corrected chi connectivity index (χ1v) is 12.0. The molecule has 0 aliphatic rings. The Morgan fingerprint density at radius 1 is 0.909 bits per heavy atom. The molecule has 170 valence electrons. The van der Waals surface area contributed by atoms with Crippen molar-refractivity contribution in [2.75, 3.05) is 10.0 Å². The maximum Gasteiger partial charge on any atom is 0.416 e. The number of anilines is 2. The third-order valence-electron chi connectivity index (χ3n) is 4.57. The van der Waals surface area contributed by atoms with Crippen LogP contribution in [0.4, 0.5) is 24.5 Å². The maximum atomic E-state index is 12.9. The van der Waals surface area contributed by atoms with Crippen LogP contribution in [0.1, 0.15) is 15.2 Å². The van der Waals surface area contributed by atoms with Gasteiger partial charge in [0.2, 0.25) is 0 Å². The van der Waals surface area contributed by atoms with Gasteiger partial charge in [-0.25, -0.2) is 8.42 Å². The Kier molecular flexibility index (Phi) is 6.08. The molecule has 0 aliphatic carbocycles. The number of hydrogen-bond acceptors (Lipinski definition) is 4. The fraction of sp³-hybridized carbons (Fsp3) is 0.0455. The minimum absolute atomic E-state index is 0.00539. The highest BCUT2D eigenvalue weighted by Crippen LogP contribution is 2.34.